The topological polar surface area (TPSA) is 110 Å². The molecule has 4 aliphatic rings. The fourth-order valence-electron chi connectivity index (χ4n) is 7.36. The van der Waals surface area contributed by atoms with Crippen molar-refractivity contribution >= 4 is 54.7 Å². The summed E-state index contributed by atoms with van der Waals surface area (Å²) in [5.74, 6) is -0.901. The van der Waals surface area contributed by atoms with Crippen LogP contribution in [0.25, 0.3) is 32.1 Å². The number of fused-ring (bicyclic) bond motifs is 3. The molecule has 0 aliphatic carbocycles. The van der Waals surface area contributed by atoms with Gasteiger partial charge in [0.15, 0.2) is 11.6 Å². The molecule has 0 amide bonds. The number of nitriles is 1. The van der Waals surface area contributed by atoms with E-state index in [0.717, 1.165) is 30.7 Å². The number of likely N-dealkylation sites (N-methyl/N-ethyl adjacent to an activating group) is 1. The third kappa shape index (κ3) is 3.90. The lowest BCUT2D eigenvalue weighted by molar-refractivity contribution is 0.107. The Morgan fingerprint density at radius 1 is 1.27 bits per heavy atom. The second-order valence-corrected chi connectivity index (χ2v) is 13.3. The molecule has 6 heterocycles. The molecule has 3 saturated heterocycles. The number of hydrogen-bond acceptors (Lipinski definition) is 10. The monoisotopic (exact) mass is 642 g/mol. The van der Waals surface area contributed by atoms with Gasteiger partial charge in [0.1, 0.15) is 47.1 Å². The molecule has 4 atom stereocenters. The second kappa shape index (κ2) is 9.97. The van der Waals surface area contributed by atoms with Crippen LogP contribution in [0.3, 0.4) is 0 Å². The number of thiophene rings is 1. The summed E-state index contributed by atoms with van der Waals surface area (Å²) < 4.78 is 64.7. The number of aromatic nitrogens is 2. The summed E-state index contributed by atoms with van der Waals surface area (Å²) in [4.78, 5) is 13.2. The lowest BCUT2D eigenvalue weighted by Gasteiger charge is -2.31. The fraction of sp³-hybridized carbons (Fsp3) is 0.433. The average molecular weight is 643 g/mol. The Bertz CT molecular complexity index is 1920. The van der Waals surface area contributed by atoms with Crippen molar-refractivity contribution in [3.63, 3.8) is 0 Å². The minimum Gasteiger partial charge on any atom is -0.483 e. The SMILES string of the molecule is CN1c2nc(OC[C@@]34CCCN3C[C@H](F)C4)nc3c(F)c(-c4ccc(F)c5sc(N)c(C#N)c45)c(Cl)c(c23)OC2COCC21. The van der Waals surface area contributed by atoms with Gasteiger partial charge in [0.2, 0.25) is 0 Å². The van der Waals surface area contributed by atoms with Gasteiger partial charge in [-0.3, -0.25) is 4.90 Å². The van der Waals surface area contributed by atoms with E-state index in [1.807, 2.05) is 18.0 Å². The van der Waals surface area contributed by atoms with E-state index in [0.29, 0.717) is 25.4 Å². The number of halogens is 4. The summed E-state index contributed by atoms with van der Waals surface area (Å²) in [5, 5.41) is 10.3. The molecular weight excluding hydrogens is 617 g/mol. The van der Waals surface area contributed by atoms with E-state index in [1.54, 1.807) is 0 Å². The lowest BCUT2D eigenvalue weighted by atomic mass is 9.95. The summed E-state index contributed by atoms with van der Waals surface area (Å²) >= 11 is 7.90. The van der Waals surface area contributed by atoms with Crippen molar-refractivity contribution in [3.05, 3.63) is 34.4 Å². The van der Waals surface area contributed by atoms with Crippen LogP contribution < -0.4 is 20.1 Å². The zero-order valence-electron chi connectivity index (χ0n) is 23.5. The Hall–Kier alpha value is -3.57. The summed E-state index contributed by atoms with van der Waals surface area (Å²) in [6.07, 6.45) is 0.680. The number of nitrogen functional groups attached to an aromatic ring is 1. The molecule has 14 heteroatoms. The number of anilines is 2. The Kier molecular flexibility index (Phi) is 6.33. The van der Waals surface area contributed by atoms with Crippen LogP contribution in [0.4, 0.5) is 24.0 Å². The molecule has 3 fully saturated rings. The lowest BCUT2D eigenvalue weighted by Crippen LogP contribution is -2.44. The number of nitrogens with zero attached hydrogens (tertiary/aromatic N) is 5. The Morgan fingerprint density at radius 2 is 2.11 bits per heavy atom. The van der Waals surface area contributed by atoms with Gasteiger partial charge in [0, 0.05) is 31.0 Å². The van der Waals surface area contributed by atoms with Crippen LogP contribution in [0.2, 0.25) is 5.02 Å². The number of benzene rings is 2. The van der Waals surface area contributed by atoms with Crippen LogP contribution >= 0.6 is 22.9 Å². The maximum Gasteiger partial charge on any atom is 0.319 e. The van der Waals surface area contributed by atoms with Crippen molar-refractivity contribution in [2.45, 2.75) is 43.1 Å². The van der Waals surface area contributed by atoms with Crippen molar-refractivity contribution in [2.75, 3.05) is 50.6 Å². The Morgan fingerprint density at radius 3 is 2.93 bits per heavy atom. The van der Waals surface area contributed by atoms with Crippen molar-refractivity contribution in [1.29, 1.82) is 5.26 Å². The Balaban J connectivity index is 1.35. The standard InChI is InChI=1S/C30H26ClF3N6O3S/c1-39-17-10-41-11-18(17)43-25-21-24(37-29(38-28(21)39)42-12-30-5-2-6-40(30)9-13(32)7-30)23(34)20(22(25)31)14-3-4-16(33)26-19(14)15(8-35)27(36)44-26/h3-4,13,17-18H,2,5-7,9-12,36H2,1H3/t13-,17?,18?,30+/m1/s1. The molecule has 9 nitrogen and oxygen atoms in total. The number of alkyl halides is 1. The van der Waals surface area contributed by atoms with Crippen molar-refractivity contribution in [2.24, 2.45) is 0 Å². The molecule has 0 bridgehead atoms. The van der Waals surface area contributed by atoms with Gasteiger partial charge in [0.05, 0.1) is 45.5 Å². The molecular formula is C30H26ClF3N6O3S. The molecule has 0 radical (unpaired) electrons. The maximum atomic E-state index is 17.0. The minimum atomic E-state index is -0.939. The third-order valence-corrected chi connectivity index (χ3v) is 10.9. The molecule has 2 aromatic carbocycles. The van der Waals surface area contributed by atoms with E-state index >= 15 is 4.39 Å². The Labute approximate surface area is 258 Å². The predicted octanol–water partition coefficient (Wildman–Crippen LogP) is 5.45. The molecule has 0 saturated carbocycles. The van der Waals surface area contributed by atoms with Crippen molar-refractivity contribution in [1.82, 2.24) is 14.9 Å². The largest absolute Gasteiger partial charge is 0.483 e. The van der Waals surface area contributed by atoms with Crippen molar-refractivity contribution < 1.29 is 27.4 Å². The first kappa shape index (κ1) is 27.9. The smallest absolute Gasteiger partial charge is 0.319 e. The molecule has 44 heavy (non-hydrogen) atoms. The highest BCUT2D eigenvalue weighted by Gasteiger charge is 2.49. The quantitative estimate of drug-likeness (QED) is 0.311. The number of rotatable bonds is 4. The highest BCUT2D eigenvalue weighted by molar-refractivity contribution is 7.23. The van der Waals surface area contributed by atoms with Gasteiger partial charge in [-0.1, -0.05) is 17.7 Å². The maximum absolute atomic E-state index is 17.0. The molecule has 8 rings (SSSR count). The van der Waals surface area contributed by atoms with E-state index in [4.69, 9.17) is 36.5 Å². The van der Waals surface area contributed by atoms with Crippen LogP contribution in [0.5, 0.6) is 11.8 Å². The molecule has 0 spiro atoms. The molecule has 4 aliphatic heterocycles. The summed E-state index contributed by atoms with van der Waals surface area (Å²) in [6.45, 7) is 1.92. The summed E-state index contributed by atoms with van der Waals surface area (Å²) in [7, 11) is 1.81. The fourth-order valence-corrected chi connectivity index (χ4v) is 8.64. The highest BCUT2D eigenvalue weighted by atomic mass is 35.5. The normalized spacial score (nSPS) is 26.1. The highest BCUT2D eigenvalue weighted by Crippen LogP contribution is 2.52. The van der Waals surface area contributed by atoms with Crippen LogP contribution in [-0.4, -0.2) is 78.7 Å². The third-order valence-electron chi connectivity index (χ3n) is 9.47. The minimum absolute atomic E-state index is 0.0290. The van der Waals surface area contributed by atoms with Crippen LogP contribution in [0, 0.1) is 23.0 Å². The summed E-state index contributed by atoms with van der Waals surface area (Å²) in [5.41, 5.74) is 5.59. The first-order chi connectivity index (χ1) is 21.2. The predicted molar refractivity (Wildman–Crippen MR) is 160 cm³/mol. The van der Waals surface area contributed by atoms with E-state index in [2.05, 4.69) is 9.88 Å². The van der Waals surface area contributed by atoms with Gasteiger partial charge in [-0.25, -0.2) is 13.2 Å². The number of hydrogen-bond donors (Lipinski definition) is 1. The summed E-state index contributed by atoms with van der Waals surface area (Å²) in [6, 6.07) is 4.25. The molecule has 2 N–H and O–H groups in total. The second-order valence-electron chi connectivity index (χ2n) is 11.9. The van der Waals surface area contributed by atoms with E-state index in [-0.39, 0.29) is 78.7 Å². The van der Waals surface area contributed by atoms with Gasteiger partial charge in [-0.2, -0.15) is 15.2 Å². The van der Waals surface area contributed by atoms with Gasteiger partial charge in [-0.05, 0) is 31.0 Å². The van der Waals surface area contributed by atoms with Crippen LogP contribution in [0.1, 0.15) is 24.8 Å². The molecule has 2 unspecified atom stereocenters. The first-order valence-electron chi connectivity index (χ1n) is 14.3. The van der Waals surface area contributed by atoms with Gasteiger partial charge >= 0.3 is 6.01 Å². The number of ether oxygens (including phenoxy) is 3. The van der Waals surface area contributed by atoms with E-state index < -0.39 is 29.4 Å². The molecule has 228 valence electrons. The van der Waals surface area contributed by atoms with E-state index in [9.17, 15) is 14.0 Å². The zero-order chi connectivity index (χ0) is 30.5. The first-order valence-corrected chi connectivity index (χ1v) is 15.5. The van der Waals surface area contributed by atoms with E-state index in [1.165, 1.54) is 12.1 Å². The van der Waals surface area contributed by atoms with Crippen molar-refractivity contribution in [3.8, 4) is 29.0 Å². The van der Waals surface area contributed by atoms with Gasteiger partial charge in [0.25, 0.3) is 0 Å². The van der Waals surface area contributed by atoms with Crippen LogP contribution in [0.15, 0.2) is 12.1 Å². The molecule has 4 aromatic rings. The zero-order valence-corrected chi connectivity index (χ0v) is 25.1. The van der Waals surface area contributed by atoms with Crippen LogP contribution in [-0.2, 0) is 4.74 Å². The molecule has 2 aromatic heterocycles. The van der Waals surface area contributed by atoms with Gasteiger partial charge in [-0.15, -0.1) is 11.3 Å². The average Bonchev–Trinajstić information content (AvgIpc) is 3.75. The number of nitrogens with two attached hydrogens (primary N) is 1. The van der Waals surface area contributed by atoms with Gasteiger partial charge < -0.3 is 24.8 Å².